The first-order valence-electron chi connectivity index (χ1n) is 10.2. The van der Waals surface area contributed by atoms with Gasteiger partial charge in [0.25, 0.3) is 5.91 Å². The number of thioether (sulfide) groups is 1. The first kappa shape index (κ1) is 21.8. The van der Waals surface area contributed by atoms with Gasteiger partial charge in [-0.1, -0.05) is 42.5 Å². The van der Waals surface area contributed by atoms with E-state index in [-0.39, 0.29) is 17.2 Å². The van der Waals surface area contributed by atoms with Crippen LogP contribution in [0.1, 0.15) is 26.9 Å². The van der Waals surface area contributed by atoms with Crippen molar-refractivity contribution in [2.24, 2.45) is 0 Å². The zero-order valence-electron chi connectivity index (χ0n) is 17.9. The van der Waals surface area contributed by atoms with Gasteiger partial charge in [0.2, 0.25) is 5.91 Å². The molecule has 1 N–H and O–H groups in total. The van der Waals surface area contributed by atoms with Crippen molar-refractivity contribution in [3.63, 3.8) is 0 Å². The number of rotatable bonds is 7. The van der Waals surface area contributed by atoms with Crippen LogP contribution in [0, 0.1) is 0 Å². The second-order valence-corrected chi connectivity index (χ2v) is 8.38. The molecule has 0 aliphatic carbocycles. The molecule has 0 saturated carbocycles. The molecule has 1 aliphatic rings. The van der Waals surface area contributed by atoms with E-state index in [1.807, 2.05) is 47.4 Å². The van der Waals surface area contributed by atoms with Crippen LogP contribution in [0.2, 0.25) is 0 Å². The highest BCUT2D eigenvalue weighted by Gasteiger charge is 2.32. The van der Waals surface area contributed by atoms with Crippen LogP contribution >= 0.6 is 11.8 Å². The molecule has 164 valence electrons. The third-order valence-electron chi connectivity index (χ3n) is 5.28. The van der Waals surface area contributed by atoms with E-state index < -0.39 is 0 Å². The highest BCUT2D eigenvalue weighted by Crippen LogP contribution is 2.39. The summed E-state index contributed by atoms with van der Waals surface area (Å²) in [6, 6.07) is 22.6. The zero-order valence-corrected chi connectivity index (χ0v) is 18.7. The minimum absolute atomic E-state index is 0.0681. The van der Waals surface area contributed by atoms with Gasteiger partial charge in [0.1, 0.15) is 16.9 Å². The van der Waals surface area contributed by atoms with E-state index in [1.165, 1.54) is 0 Å². The minimum Gasteiger partial charge on any atom is -0.497 e. The van der Waals surface area contributed by atoms with Gasteiger partial charge in [-0.2, -0.15) is 0 Å². The quantitative estimate of drug-likeness (QED) is 0.566. The van der Waals surface area contributed by atoms with Crippen LogP contribution in [0.3, 0.4) is 0 Å². The number of amides is 2. The summed E-state index contributed by atoms with van der Waals surface area (Å²) in [6.07, 6.45) is 0. The van der Waals surface area contributed by atoms with E-state index >= 15 is 0 Å². The maximum Gasteiger partial charge on any atom is 0.255 e. The number of hydrogen-bond acceptors (Lipinski definition) is 5. The molecule has 6 nitrogen and oxygen atoms in total. The Balaban J connectivity index is 1.48. The molecule has 0 unspecified atom stereocenters. The SMILES string of the molecule is COc1ccc(NC(=O)c2ccc([C@@H]3SCC(=O)N3Cc3ccccc3)cc2)c(OC)c1. The van der Waals surface area contributed by atoms with Gasteiger partial charge in [0.05, 0.1) is 25.7 Å². The van der Waals surface area contributed by atoms with Gasteiger partial charge in [0.15, 0.2) is 0 Å². The lowest BCUT2D eigenvalue weighted by molar-refractivity contribution is -0.128. The van der Waals surface area contributed by atoms with Crippen LogP contribution in [0.4, 0.5) is 5.69 Å². The Labute approximate surface area is 191 Å². The largest absolute Gasteiger partial charge is 0.497 e. The van der Waals surface area contributed by atoms with Gasteiger partial charge >= 0.3 is 0 Å². The second-order valence-electron chi connectivity index (χ2n) is 7.31. The van der Waals surface area contributed by atoms with Crippen LogP contribution in [0.25, 0.3) is 0 Å². The average molecular weight is 449 g/mol. The number of ether oxygens (including phenoxy) is 2. The Kier molecular flexibility index (Phi) is 6.66. The van der Waals surface area contributed by atoms with Crippen molar-refractivity contribution < 1.29 is 19.1 Å². The first-order chi connectivity index (χ1) is 15.6. The molecule has 2 amide bonds. The average Bonchev–Trinajstić information content (AvgIpc) is 3.20. The van der Waals surface area contributed by atoms with Crippen molar-refractivity contribution in [1.29, 1.82) is 0 Å². The lowest BCUT2D eigenvalue weighted by Crippen LogP contribution is -2.27. The number of carbonyl (C=O) groups is 2. The Bertz CT molecular complexity index is 1100. The number of anilines is 1. The lowest BCUT2D eigenvalue weighted by atomic mass is 10.1. The summed E-state index contributed by atoms with van der Waals surface area (Å²) in [5.41, 5.74) is 3.18. The summed E-state index contributed by atoms with van der Waals surface area (Å²) < 4.78 is 10.5. The van der Waals surface area contributed by atoms with Crippen LogP contribution in [-0.4, -0.2) is 36.7 Å². The number of carbonyl (C=O) groups excluding carboxylic acids is 2. The number of nitrogens with one attached hydrogen (secondary N) is 1. The van der Waals surface area contributed by atoms with E-state index in [4.69, 9.17) is 9.47 Å². The molecule has 0 aromatic heterocycles. The molecule has 32 heavy (non-hydrogen) atoms. The van der Waals surface area contributed by atoms with Crippen LogP contribution in [-0.2, 0) is 11.3 Å². The van der Waals surface area contributed by atoms with Crippen LogP contribution in [0.15, 0.2) is 72.8 Å². The van der Waals surface area contributed by atoms with Crippen molar-refractivity contribution in [2.45, 2.75) is 11.9 Å². The van der Waals surface area contributed by atoms with E-state index in [0.717, 1.165) is 11.1 Å². The summed E-state index contributed by atoms with van der Waals surface area (Å²) in [7, 11) is 3.12. The molecular weight excluding hydrogens is 424 g/mol. The first-order valence-corrected chi connectivity index (χ1v) is 11.2. The molecule has 4 rings (SSSR count). The number of hydrogen-bond donors (Lipinski definition) is 1. The summed E-state index contributed by atoms with van der Waals surface area (Å²) in [6.45, 7) is 0.566. The Morgan fingerprint density at radius 2 is 1.78 bits per heavy atom. The molecule has 0 spiro atoms. The van der Waals surface area contributed by atoms with Gasteiger partial charge in [-0.05, 0) is 35.4 Å². The van der Waals surface area contributed by atoms with Gasteiger partial charge in [-0.25, -0.2) is 0 Å². The van der Waals surface area contributed by atoms with Crippen molar-refractivity contribution in [2.75, 3.05) is 25.3 Å². The molecule has 1 saturated heterocycles. The van der Waals surface area contributed by atoms with Crippen LogP contribution in [0.5, 0.6) is 11.5 Å². The predicted molar refractivity (Wildman–Crippen MR) is 126 cm³/mol. The minimum atomic E-state index is -0.240. The fourth-order valence-corrected chi connectivity index (χ4v) is 4.76. The molecule has 1 aliphatic heterocycles. The number of benzene rings is 3. The molecule has 0 bridgehead atoms. The standard InChI is InChI=1S/C25H24N2O4S/c1-30-20-12-13-21(22(14-20)31-2)26-24(29)18-8-10-19(11-9-18)25-27(23(28)16-32-25)15-17-6-4-3-5-7-17/h3-14,25H,15-16H2,1-2H3,(H,26,29)/t25-/m0/s1. The normalized spacial score (nSPS) is 15.5. The van der Waals surface area contributed by atoms with Crippen molar-refractivity contribution in [1.82, 2.24) is 4.90 Å². The van der Waals surface area contributed by atoms with Crippen molar-refractivity contribution in [3.8, 4) is 11.5 Å². The highest BCUT2D eigenvalue weighted by molar-refractivity contribution is 8.00. The lowest BCUT2D eigenvalue weighted by Gasteiger charge is -2.24. The third kappa shape index (κ3) is 4.73. The van der Waals surface area contributed by atoms with E-state index in [9.17, 15) is 9.59 Å². The fourth-order valence-electron chi connectivity index (χ4n) is 3.58. The van der Waals surface area contributed by atoms with E-state index in [2.05, 4.69) is 5.32 Å². The van der Waals surface area contributed by atoms with Gasteiger partial charge in [-0.15, -0.1) is 11.8 Å². The predicted octanol–water partition coefficient (Wildman–Crippen LogP) is 4.73. The molecule has 3 aromatic carbocycles. The Morgan fingerprint density at radius 1 is 1.03 bits per heavy atom. The number of methoxy groups -OCH3 is 2. The maximum atomic E-state index is 12.8. The van der Waals surface area contributed by atoms with E-state index in [0.29, 0.717) is 35.0 Å². The fraction of sp³-hybridized carbons (Fsp3) is 0.200. The van der Waals surface area contributed by atoms with Crippen molar-refractivity contribution in [3.05, 3.63) is 89.5 Å². The summed E-state index contributed by atoms with van der Waals surface area (Å²) in [5, 5.41) is 2.81. The molecule has 1 fully saturated rings. The maximum absolute atomic E-state index is 12.8. The Hall–Kier alpha value is -3.45. The highest BCUT2D eigenvalue weighted by atomic mass is 32.2. The van der Waals surface area contributed by atoms with Gasteiger partial charge in [-0.3, -0.25) is 9.59 Å². The summed E-state index contributed by atoms with van der Waals surface area (Å²) >= 11 is 1.60. The second kappa shape index (κ2) is 9.78. The van der Waals surface area contributed by atoms with Gasteiger partial charge in [0, 0.05) is 18.2 Å². The topological polar surface area (TPSA) is 67.9 Å². The summed E-state index contributed by atoms with van der Waals surface area (Å²) in [5.74, 6) is 1.50. The van der Waals surface area contributed by atoms with Gasteiger partial charge < -0.3 is 19.7 Å². The Morgan fingerprint density at radius 3 is 2.47 bits per heavy atom. The molecule has 3 aromatic rings. The van der Waals surface area contributed by atoms with Crippen molar-refractivity contribution >= 4 is 29.3 Å². The van der Waals surface area contributed by atoms with Crippen LogP contribution < -0.4 is 14.8 Å². The van der Waals surface area contributed by atoms with E-state index in [1.54, 1.807) is 56.3 Å². The molecule has 1 heterocycles. The monoisotopic (exact) mass is 448 g/mol. The molecule has 1 atom stereocenters. The third-order valence-corrected chi connectivity index (χ3v) is 6.53. The summed E-state index contributed by atoms with van der Waals surface area (Å²) in [4.78, 5) is 27.1. The molecule has 0 radical (unpaired) electrons. The zero-order chi connectivity index (χ0) is 22.5. The molecule has 7 heteroatoms. The number of nitrogens with zero attached hydrogens (tertiary/aromatic N) is 1. The molecular formula is C25H24N2O4S. The smallest absolute Gasteiger partial charge is 0.255 e.